The minimum absolute atomic E-state index is 0.368. The molecule has 1 aliphatic rings. The SMILES string of the molecule is COC1C=C(N(C)C)C=C(F)N1. The average molecular weight is 172 g/mol. The van der Waals surface area contributed by atoms with Crippen molar-refractivity contribution in [2.45, 2.75) is 6.23 Å². The molecule has 3 nitrogen and oxygen atoms in total. The lowest BCUT2D eigenvalue weighted by Gasteiger charge is -2.23. The van der Waals surface area contributed by atoms with Gasteiger partial charge in [0.2, 0.25) is 0 Å². The molecule has 0 aromatic rings. The summed E-state index contributed by atoms with van der Waals surface area (Å²) < 4.78 is 17.8. The van der Waals surface area contributed by atoms with Gasteiger partial charge in [-0.05, 0) is 6.08 Å². The molecule has 4 heteroatoms. The summed E-state index contributed by atoms with van der Waals surface area (Å²) in [5, 5.41) is 2.52. The maximum atomic E-state index is 12.8. The lowest BCUT2D eigenvalue weighted by molar-refractivity contribution is 0.110. The second kappa shape index (κ2) is 3.58. The highest BCUT2D eigenvalue weighted by Crippen LogP contribution is 2.12. The highest BCUT2D eigenvalue weighted by Gasteiger charge is 2.13. The molecule has 1 rings (SSSR count). The largest absolute Gasteiger partial charge is 0.378 e. The Morgan fingerprint density at radius 3 is 2.75 bits per heavy atom. The first-order chi connectivity index (χ1) is 5.63. The molecule has 1 N–H and O–H groups in total. The molecule has 12 heavy (non-hydrogen) atoms. The molecule has 0 aromatic carbocycles. The second-order valence-electron chi connectivity index (χ2n) is 2.78. The van der Waals surface area contributed by atoms with Gasteiger partial charge in [-0.3, -0.25) is 0 Å². The molecule has 0 bridgehead atoms. The monoisotopic (exact) mass is 172 g/mol. The number of halogens is 1. The molecular formula is C8H13FN2O. The summed E-state index contributed by atoms with van der Waals surface area (Å²) in [5.41, 5.74) is 0.804. The second-order valence-corrected chi connectivity index (χ2v) is 2.78. The first-order valence-corrected chi connectivity index (χ1v) is 3.69. The number of hydrogen-bond acceptors (Lipinski definition) is 3. The normalized spacial score (nSPS) is 22.5. The number of dihydropyridines is 1. The zero-order valence-corrected chi connectivity index (χ0v) is 7.47. The number of nitrogens with one attached hydrogen (secondary N) is 1. The molecule has 1 heterocycles. The van der Waals surface area contributed by atoms with Gasteiger partial charge in [0.1, 0.15) is 0 Å². The Kier molecular flexibility index (Phi) is 2.70. The van der Waals surface area contributed by atoms with Gasteiger partial charge in [-0.15, -0.1) is 0 Å². The van der Waals surface area contributed by atoms with E-state index in [9.17, 15) is 4.39 Å². The number of likely N-dealkylation sites (N-methyl/N-ethyl adjacent to an activating group) is 1. The Balaban J connectivity index is 2.77. The molecular weight excluding hydrogens is 159 g/mol. The Morgan fingerprint density at radius 2 is 2.25 bits per heavy atom. The van der Waals surface area contributed by atoms with Crippen molar-refractivity contribution in [1.29, 1.82) is 0 Å². The van der Waals surface area contributed by atoms with E-state index in [1.807, 2.05) is 25.1 Å². The van der Waals surface area contributed by atoms with Crippen molar-refractivity contribution < 1.29 is 9.13 Å². The third-order valence-electron chi connectivity index (χ3n) is 1.65. The Hall–Kier alpha value is -1.03. The van der Waals surface area contributed by atoms with Crippen LogP contribution in [0.4, 0.5) is 4.39 Å². The summed E-state index contributed by atoms with van der Waals surface area (Å²) in [7, 11) is 5.24. The maximum Gasteiger partial charge on any atom is 0.191 e. The molecule has 0 aliphatic carbocycles. The number of rotatable bonds is 2. The van der Waals surface area contributed by atoms with E-state index in [1.54, 1.807) is 0 Å². The molecule has 0 aromatic heterocycles. The van der Waals surface area contributed by atoms with Gasteiger partial charge in [0.25, 0.3) is 0 Å². The van der Waals surface area contributed by atoms with E-state index in [2.05, 4.69) is 5.32 Å². The van der Waals surface area contributed by atoms with Crippen LogP contribution in [-0.2, 0) is 4.74 Å². The molecule has 1 atom stereocenters. The van der Waals surface area contributed by atoms with Crippen LogP contribution in [-0.4, -0.2) is 32.3 Å². The Bertz CT molecular complexity index is 223. The number of allylic oxidation sites excluding steroid dienone is 1. The summed E-state index contributed by atoms with van der Waals surface area (Å²) in [6, 6.07) is 0. The third kappa shape index (κ3) is 1.98. The van der Waals surface area contributed by atoms with Crippen LogP contribution in [0.1, 0.15) is 0 Å². The third-order valence-corrected chi connectivity index (χ3v) is 1.65. The summed E-state index contributed by atoms with van der Waals surface area (Å²) >= 11 is 0. The molecule has 68 valence electrons. The van der Waals surface area contributed by atoms with Gasteiger partial charge in [-0.25, -0.2) is 0 Å². The number of nitrogens with zero attached hydrogens (tertiary/aromatic N) is 1. The van der Waals surface area contributed by atoms with E-state index < -0.39 is 0 Å². The first kappa shape index (κ1) is 9.06. The summed E-state index contributed by atoms with van der Waals surface area (Å²) in [4.78, 5) is 1.83. The van der Waals surface area contributed by atoms with E-state index in [1.165, 1.54) is 13.2 Å². The predicted octanol–water partition coefficient (Wildman–Crippen LogP) is 0.819. The lowest BCUT2D eigenvalue weighted by Crippen LogP contribution is -2.31. The number of ether oxygens (including phenoxy) is 1. The fourth-order valence-corrected chi connectivity index (χ4v) is 0.957. The van der Waals surface area contributed by atoms with Gasteiger partial charge in [0.05, 0.1) is 0 Å². The van der Waals surface area contributed by atoms with E-state index >= 15 is 0 Å². The van der Waals surface area contributed by atoms with Crippen LogP contribution in [0.2, 0.25) is 0 Å². The molecule has 0 saturated heterocycles. The van der Waals surface area contributed by atoms with Crippen LogP contribution >= 0.6 is 0 Å². The lowest BCUT2D eigenvalue weighted by atomic mass is 10.3. The fourth-order valence-electron chi connectivity index (χ4n) is 0.957. The van der Waals surface area contributed by atoms with Gasteiger partial charge in [-0.2, -0.15) is 4.39 Å². The van der Waals surface area contributed by atoms with Gasteiger partial charge in [0, 0.05) is 33.0 Å². The fraction of sp³-hybridized carbons (Fsp3) is 0.500. The van der Waals surface area contributed by atoms with Gasteiger partial charge < -0.3 is 15.0 Å². The number of methoxy groups -OCH3 is 1. The topological polar surface area (TPSA) is 24.5 Å². The predicted molar refractivity (Wildman–Crippen MR) is 44.9 cm³/mol. The molecule has 1 unspecified atom stereocenters. The van der Waals surface area contributed by atoms with E-state index in [0.29, 0.717) is 0 Å². The van der Waals surface area contributed by atoms with E-state index in [4.69, 9.17) is 4.74 Å². The molecule has 0 saturated carbocycles. The zero-order chi connectivity index (χ0) is 9.14. The van der Waals surface area contributed by atoms with Crippen LogP contribution in [0, 0.1) is 0 Å². The minimum atomic E-state index is -0.368. The molecule has 0 radical (unpaired) electrons. The smallest absolute Gasteiger partial charge is 0.191 e. The average Bonchev–Trinajstić information content (AvgIpc) is 2.03. The standard InChI is InChI=1S/C8H13FN2O/c1-11(2)6-4-7(9)10-8(5-6)12-3/h4-5,8,10H,1-3H3. The van der Waals surface area contributed by atoms with Crippen molar-refractivity contribution in [2.75, 3.05) is 21.2 Å². The molecule has 0 spiro atoms. The van der Waals surface area contributed by atoms with E-state index in [0.717, 1.165) is 5.70 Å². The summed E-state index contributed by atoms with van der Waals surface area (Å²) in [6.45, 7) is 0. The summed E-state index contributed by atoms with van der Waals surface area (Å²) in [6.07, 6.45) is 2.87. The number of hydrogen-bond donors (Lipinski definition) is 1. The highest BCUT2D eigenvalue weighted by molar-refractivity contribution is 5.24. The maximum absolute atomic E-state index is 12.8. The molecule has 0 amide bonds. The van der Waals surface area contributed by atoms with E-state index in [-0.39, 0.29) is 12.2 Å². The zero-order valence-electron chi connectivity index (χ0n) is 7.47. The minimum Gasteiger partial charge on any atom is -0.378 e. The first-order valence-electron chi connectivity index (χ1n) is 3.69. The Morgan fingerprint density at radius 1 is 1.58 bits per heavy atom. The molecule has 1 aliphatic heterocycles. The Labute approximate surface area is 71.5 Å². The molecule has 0 fully saturated rings. The van der Waals surface area contributed by atoms with Crippen molar-refractivity contribution in [3.8, 4) is 0 Å². The highest BCUT2D eigenvalue weighted by atomic mass is 19.1. The van der Waals surface area contributed by atoms with Crippen LogP contribution in [0.5, 0.6) is 0 Å². The quantitative estimate of drug-likeness (QED) is 0.624. The summed E-state index contributed by atoms with van der Waals surface area (Å²) in [5.74, 6) is -0.368. The van der Waals surface area contributed by atoms with Gasteiger partial charge in [-0.1, -0.05) is 0 Å². The van der Waals surface area contributed by atoms with Crippen LogP contribution in [0.15, 0.2) is 23.8 Å². The van der Waals surface area contributed by atoms with Crippen molar-refractivity contribution in [3.63, 3.8) is 0 Å². The van der Waals surface area contributed by atoms with Gasteiger partial charge in [0.15, 0.2) is 12.2 Å². The van der Waals surface area contributed by atoms with Crippen LogP contribution in [0.25, 0.3) is 0 Å². The van der Waals surface area contributed by atoms with Crippen LogP contribution in [0.3, 0.4) is 0 Å². The van der Waals surface area contributed by atoms with Crippen LogP contribution < -0.4 is 5.32 Å². The van der Waals surface area contributed by atoms with Crippen molar-refractivity contribution in [2.24, 2.45) is 0 Å². The van der Waals surface area contributed by atoms with Crippen molar-refractivity contribution in [3.05, 3.63) is 23.8 Å². The van der Waals surface area contributed by atoms with Crippen molar-refractivity contribution >= 4 is 0 Å². The van der Waals surface area contributed by atoms with Gasteiger partial charge >= 0.3 is 0 Å². The van der Waals surface area contributed by atoms with Crippen molar-refractivity contribution in [1.82, 2.24) is 10.2 Å².